The zero-order valence-corrected chi connectivity index (χ0v) is 14.3. The van der Waals surface area contributed by atoms with E-state index >= 15 is 0 Å². The van der Waals surface area contributed by atoms with E-state index in [9.17, 15) is 9.90 Å². The van der Waals surface area contributed by atoms with E-state index in [1.165, 1.54) is 0 Å². The highest BCUT2D eigenvalue weighted by Gasteiger charge is 2.42. The molecule has 25 heavy (non-hydrogen) atoms. The highest BCUT2D eigenvalue weighted by Crippen LogP contribution is 2.37. The second-order valence-corrected chi connectivity index (χ2v) is 7.00. The number of benzene rings is 1. The zero-order valence-electron chi connectivity index (χ0n) is 14.3. The third-order valence-electron chi connectivity index (χ3n) is 5.13. The average Bonchev–Trinajstić information content (AvgIpc) is 3.05. The number of ether oxygens (including phenoxy) is 1. The smallest absolute Gasteiger partial charge is 0.311 e. The van der Waals surface area contributed by atoms with Gasteiger partial charge >= 0.3 is 5.97 Å². The Morgan fingerprint density at radius 3 is 2.24 bits per heavy atom. The summed E-state index contributed by atoms with van der Waals surface area (Å²) in [5.74, 6) is 0.860. The molecule has 0 amide bonds. The van der Waals surface area contributed by atoms with Crippen molar-refractivity contribution in [2.24, 2.45) is 5.41 Å². The number of hydrogen-bond acceptors (Lipinski definition) is 6. The topological polar surface area (TPSA) is 78.8 Å². The number of carboxylic acids is 1. The van der Waals surface area contributed by atoms with Crippen LogP contribution < -0.4 is 9.80 Å². The minimum absolute atomic E-state index is 0.451. The molecule has 132 valence electrons. The van der Waals surface area contributed by atoms with Crippen molar-refractivity contribution in [3.05, 3.63) is 24.3 Å². The number of aromatic nitrogens is 2. The van der Waals surface area contributed by atoms with Gasteiger partial charge in [0.25, 0.3) is 0 Å². The van der Waals surface area contributed by atoms with Crippen molar-refractivity contribution in [1.82, 2.24) is 9.97 Å². The summed E-state index contributed by atoms with van der Waals surface area (Å²) in [6, 6.07) is 7.81. The Morgan fingerprint density at radius 1 is 1.08 bits per heavy atom. The molecule has 2 saturated heterocycles. The van der Waals surface area contributed by atoms with Crippen LogP contribution in [0.5, 0.6) is 0 Å². The van der Waals surface area contributed by atoms with Crippen LogP contribution in [0, 0.1) is 5.41 Å². The molecule has 4 rings (SSSR count). The van der Waals surface area contributed by atoms with Gasteiger partial charge in [-0.15, -0.1) is 0 Å². The normalized spacial score (nSPS) is 24.0. The molecular formula is C18H22N4O3. The summed E-state index contributed by atoms with van der Waals surface area (Å²) in [7, 11) is 0. The molecule has 1 aromatic heterocycles. The standard InChI is InChI=1S/C18H22N4O3/c1-18(17(23)24)6-7-22(12-18)16-15(21-8-10-25-11-9-21)19-13-4-2-3-5-14(13)20-16/h2-5H,6-12H2,1H3,(H,23,24). The molecule has 2 aliphatic heterocycles. The van der Waals surface area contributed by atoms with Gasteiger partial charge in [-0.05, 0) is 25.5 Å². The van der Waals surface area contributed by atoms with Crippen molar-refractivity contribution >= 4 is 28.6 Å². The molecule has 1 unspecified atom stereocenters. The maximum Gasteiger partial charge on any atom is 0.311 e. The molecule has 0 bridgehead atoms. The Morgan fingerprint density at radius 2 is 1.68 bits per heavy atom. The summed E-state index contributed by atoms with van der Waals surface area (Å²) in [4.78, 5) is 25.6. The van der Waals surface area contributed by atoms with E-state index in [1.54, 1.807) is 6.92 Å². The summed E-state index contributed by atoms with van der Waals surface area (Å²) in [6.07, 6.45) is 0.611. The van der Waals surface area contributed by atoms with Crippen molar-refractivity contribution in [2.75, 3.05) is 49.2 Å². The molecule has 3 heterocycles. The number of nitrogens with zero attached hydrogens (tertiary/aromatic N) is 4. The third kappa shape index (κ3) is 2.89. The fourth-order valence-electron chi connectivity index (χ4n) is 3.50. The molecule has 1 aromatic carbocycles. The van der Waals surface area contributed by atoms with Crippen molar-refractivity contribution in [3.8, 4) is 0 Å². The lowest BCUT2D eigenvalue weighted by Gasteiger charge is -2.31. The number of para-hydroxylation sites is 2. The number of aliphatic carboxylic acids is 1. The first-order valence-corrected chi connectivity index (χ1v) is 8.65. The van der Waals surface area contributed by atoms with Crippen LogP contribution in [0.4, 0.5) is 11.6 Å². The van der Waals surface area contributed by atoms with Crippen LogP contribution in [-0.4, -0.2) is 60.4 Å². The number of anilines is 2. The summed E-state index contributed by atoms with van der Waals surface area (Å²) in [6.45, 7) is 5.80. The highest BCUT2D eigenvalue weighted by atomic mass is 16.5. The predicted octanol–water partition coefficient (Wildman–Crippen LogP) is 1.77. The van der Waals surface area contributed by atoms with Gasteiger partial charge in [-0.1, -0.05) is 12.1 Å². The maximum atomic E-state index is 11.6. The van der Waals surface area contributed by atoms with E-state index in [0.717, 1.165) is 35.8 Å². The molecule has 1 atom stereocenters. The summed E-state index contributed by atoms with van der Waals surface area (Å²) >= 11 is 0. The van der Waals surface area contributed by atoms with Crippen LogP contribution in [0.2, 0.25) is 0 Å². The monoisotopic (exact) mass is 342 g/mol. The Kier molecular flexibility index (Phi) is 3.95. The number of hydrogen-bond donors (Lipinski definition) is 1. The number of carboxylic acid groups (broad SMARTS) is 1. The quantitative estimate of drug-likeness (QED) is 0.910. The van der Waals surface area contributed by atoms with Gasteiger partial charge in [0.2, 0.25) is 0 Å². The second-order valence-electron chi connectivity index (χ2n) is 7.00. The third-order valence-corrected chi connectivity index (χ3v) is 5.13. The molecule has 2 fully saturated rings. The van der Waals surface area contributed by atoms with Crippen LogP contribution in [-0.2, 0) is 9.53 Å². The van der Waals surface area contributed by atoms with Gasteiger partial charge in [-0.25, -0.2) is 9.97 Å². The van der Waals surface area contributed by atoms with Crippen molar-refractivity contribution < 1.29 is 14.6 Å². The van der Waals surface area contributed by atoms with Gasteiger partial charge in [0, 0.05) is 26.2 Å². The lowest BCUT2D eigenvalue weighted by molar-refractivity contribution is -0.146. The number of fused-ring (bicyclic) bond motifs is 1. The molecule has 0 spiro atoms. The van der Waals surface area contributed by atoms with E-state index in [0.29, 0.717) is 32.7 Å². The van der Waals surface area contributed by atoms with Gasteiger partial charge < -0.3 is 19.6 Å². The Labute approximate surface area is 146 Å². The van der Waals surface area contributed by atoms with E-state index in [4.69, 9.17) is 14.7 Å². The maximum absolute atomic E-state index is 11.6. The van der Waals surface area contributed by atoms with Gasteiger partial charge in [0.1, 0.15) is 0 Å². The van der Waals surface area contributed by atoms with Crippen molar-refractivity contribution in [2.45, 2.75) is 13.3 Å². The summed E-state index contributed by atoms with van der Waals surface area (Å²) in [5.41, 5.74) is 0.946. The molecule has 2 aliphatic rings. The number of rotatable bonds is 3. The Balaban J connectivity index is 1.77. The van der Waals surface area contributed by atoms with Crippen LogP contribution in [0.25, 0.3) is 11.0 Å². The second kappa shape index (κ2) is 6.15. The molecule has 0 radical (unpaired) electrons. The molecule has 0 aliphatic carbocycles. The largest absolute Gasteiger partial charge is 0.481 e. The Bertz CT molecular complexity index is 806. The van der Waals surface area contributed by atoms with Crippen molar-refractivity contribution in [3.63, 3.8) is 0 Å². The first-order valence-electron chi connectivity index (χ1n) is 8.65. The van der Waals surface area contributed by atoms with Crippen LogP contribution in [0.15, 0.2) is 24.3 Å². The van der Waals surface area contributed by atoms with E-state index in [-0.39, 0.29) is 0 Å². The first kappa shape index (κ1) is 16.1. The molecular weight excluding hydrogens is 320 g/mol. The summed E-state index contributed by atoms with van der Waals surface area (Å²) in [5, 5.41) is 9.54. The molecule has 7 nitrogen and oxygen atoms in total. The van der Waals surface area contributed by atoms with E-state index in [2.05, 4.69) is 9.80 Å². The van der Waals surface area contributed by atoms with Gasteiger partial charge in [-0.2, -0.15) is 0 Å². The van der Waals surface area contributed by atoms with E-state index < -0.39 is 11.4 Å². The lowest BCUT2D eigenvalue weighted by atomic mass is 9.90. The van der Waals surface area contributed by atoms with Gasteiger partial charge in [0.05, 0.1) is 29.7 Å². The lowest BCUT2D eigenvalue weighted by Crippen LogP contribution is -2.39. The fraction of sp³-hybridized carbons (Fsp3) is 0.500. The van der Waals surface area contributed by atoms with Gasteiger partial charge in [0.15, 0.2) is 11.6 Å². The van der Waals surface area contributed by atoms with Crippen LogP contribution >= 0.6 is 0 Å². The molecule has 2 aromatic rings. The zero-order chi connectivity index (χ0) is 17.4. The molecule has 1 N–H and O–H groups in total. The van der Waals surface area contributed by atoms with Crippen molar-refractivity contribution in [1.29, 1.82) is 0 Å². The Hall–Kier alpha value is -2.41. The van der Waals surface area contributed by atoms with E-state index in [1.807, 2.05) is 24.3 Å². The molecule has 0 saturated carbocycles. The minimum Gasteiger partial charge on any atom is -0.481 e. The van der Waals surface area contributed by atoms with Crippen LogP contribution in [0.3, 0.4) is 0 Å². The fourth-order valence-corrected chi connectivity index (χ4v) is 3.50. The van der Waals surface area contributed by atoms with Gasteiger partial charge in [-0.3, -0.25) is 4.79 Å². The average molecular weight is 342 g/mol. The predicted molar refractivity (Wildman–Crippen MR) is 95.1 cm³/mol. The van der Waals surface area contributed by atoms with Crippen LogP contribution in [0.1, 0.15) is 13.3 Å². The molecule has 7 heteroatoms. The number of morpholine rings is 1. The highest BCUT2D eigenvalue weighted by molar-refractivity contribution is 5.82. The summed E-state index contributed by atoms with van der Waals surface area (Å²) < 4.78 is 5.46. The SMILES string of the molecule is CC1(C(=O)O)CCN(c2nc3ccccc3nc2N2CCOCC2)C1. The first-order chi connectivity index (χ1) is 12.1. The minimum atomic E-state index is -0.753. The number of carbonyl (C=O) groups is 1.